The molecule has 0 aliphatic heterocycles. The van der Waals surface area contributed by atoms with Crippen molar-refractivity contribution in [3.8, 4) is 0 Å². The van der Waals surface area contributed by atoms with Gasteiger partial charge in [-0.2, -0.15) is 0 Å². The maximum atomic E-state index is 12.2. The SMILES string of the molecule is CC(C)OCCOC(=O)C(CC(C)(C)C)C(C)(C)N. The quantitative estimate of drug-likeness (QED) is 0.572. The van der Waals surface area contributed by atoms with Crippen LogP contribution in [-0.4, -0.2) is 30.8 Å². The van der Waals surface area contributed by atoms with E-state index < -0.39 is 5.54 Å². The molecule has 1 unspecified atom stereocenters. The molecule has 114 valence electrons. The van der Waals surface area contributed by atoms with Crippen LogP contribution in [0.25, 0.3) is 0 Å². The zero-order chi connectivity index (χ0) is 15.3. The van der Waals surface area contributed by atoms with E-state index in [9.17, 15) is 4.79 Å². The summed E-state index contributed by atoms with van der Waals surface area (Å²) in [5.74, 6) is -0.527. The van der Waals surface area contributed by atoms with Gasteiger partial charge in [-0.1, -0.05) is 20.8 Å². The van der Waals surface area contributed by atoms with Crippen LogP contribution in [0.1, 0.15) is 54.9 Å². The van der Waals surface area contributed by atoms with E-state index >= 15 is 0 Å². The van der Waals surface area contributed by atoms with E-state index in [1.165, 1.54) is 0 Å². The first-order valence-corrected chi connectivity index (χ1v) is 7.00. The molecule has 0 aliphatic rings. The summed E-state index contributed by atoms with van der Waals surface area (Å²) in [6.45, 7) is 14.7. The second-order valence-corrected chi connectivity index (χ2v) is 7.23. The smallest absolute Gasteiger partial charge is 0.310 e. The van der Waals surface area contributed by atoms with Gasteiger partial charge >= 0.3 is 5.97 Å². The van der Waals surface area contributed by atoms with Crippen LogP contribution in [0.3, 0.4) is 0 Å². The molecule has 0 rings (SSSR count). The highest BCUT2D eigenvalue weighted by molar-refractivity contribution is 5.74. The van der Waals surface area contributed by atoms with Crippen LogP contribution < -0.4 is 5.73 Å². The van der Waals surface area contributed by atoms with Crippen molar-refractivity contribution in [2.45, 2.75) is 66.5 Å². The number of rotatable bonds is 7. The Bertz CT molecular complexity index is 274. The third kappa shape index (κ3) is 9.00. The van der Waals surface area contributed by atoms with E-state index in [1.807, 2.05) is 27.7 Å². The molecule has 0 amide bonds. The van der Waals surface area contributed by atoms with Gasteiger partial charge in [0.05, 0.1) is 18.6 Å². The molecule has 0 radical (unpaired) electrons. The number of nitrogens with two attached hydrogens (primary N) is 1. The van der Waals surface area contributed by atoms with Crippen molar-refractivity contribution in [1.82, 2.24) is 0 Å². The van der Waals surface area contributed by atoms with Crippen LogP contribution in [0.5, 0.6) is 0 Å². The molecule has 2 N–H and O–H groups in total. The third-order valence-electron chi connectivity index (χ3n) is 2.78. The van der Waals surface area contributed by atoms with Gasteiger partial charge in [0.25, 0.3) is 0 Å². The largest absolute Gasteiger partial charge is 0.463 e. The lowest BCUT2D eigenvalue weighted by Gasteiger charge is -2.33. The van der Waals surface area contributed by atoms with Crippen molar-refractivity contribution in [3.63, 3.8) is 0 Å². The average molecular weight is 273 g/mol. The van der Waals surface area contributed by atoms with E-state index in [4.69, 9.17) is 15.2 Å². The Morgan fingerprint density at radius 3 is 2.00 bits per heavy atom. The second-order valence-electron chi connectivity index (χ2n) is 7.23. The maximum absolute atomic E-state index is 12.2. The molecule has 0 aliphatic carbocycles. The van der Waals surface area contributed by atoms with Crippen LogP contribution in [0, 0.1) is 11.3 Å². The molecule has 0 aromatic heterocycles. The Morgan fingerprint density at radius 1 is 1.11 bits per heavy atom. The molecule has 0 saturated carbocycles. The maximum Gasteiger partial charge on any atom is 0.310 e. The molecule has 4 nitrogen and oxygen atoms in total. The molecule has 0 spiro atoms. The molecular weight excluding hydrogens is 242 g/mol. The molecule has 1 atom stereocenters. The number of carbonyl (C=O) groups is 1. The Kier molecular flexibility index (Phi) is 7.01. The lowest BCUT2D eigenvalue weighted by atomic mass is 9.76. The summed E-state index contributed by atoms with van der Waals surface area (Å²) in [5.41, 5.74) is 5.56. The summed E-state index contributed by atoms with van der Waals surface area (Å²) >= 11 is 0. The predicted octanol–water partition coefficient (Wildman–Crippen LogP) is 2.74. The van der Waals surface area contributed by atoms with Gasteiger partial charge in [-0.15, -0.1) is 0 Å². The highest BCUT2D eigenvalue weighted by Gasteiger charge is 2.36. The molecule has 0 aromatic rings. The van der Waals surface area contributed by atoms with E-state index in [-0.39, 0.29) is 30.0 Å². The summed E-state index contributed by atoms with van der Waals surface area (Å²) in [6, 6.07) is 0. The van der Waals surface area contributed by atoms with Gasteiger partial charge < -0.3 is 15.2 Å². The first kappa shape index (κ1) is 18.4. The lowest BCUT2D eigenvalue weighted by Crippen LogP contribution is -2.47. The van der Waals surface area contributed by atoms with Crippen LogP contribution in [0.2, 0.25) is 0 Å². The zero-order valence-corrected chi connectivity index (χ0v) is 13.6. The van der Waals surface area contributed by atoms with Gasteiger partial charge in [0.2, 0.25) is 0 Å². The number of esters is 1. The monoisotopic (exact) mass is 273 g/mol. The topological polar surface area (TPSA) is 61.5 Å². The van der Waals surface area contributed by atoms with Crippen molar-refractivity contribution in [2.24, 2.45) is 17.1 Å². The van der Waals surface area contributed by atoms with Crippen molar-refractivity contribution in [1.29, 1.82) is 0 Å². The van der Waals surface area contributed by atoms with Crippen LogP contribution in [0.15, 0.2) is 0 Å². The van der Waals surface area contributed by atoms with Gasteiger partial charge in [-0.25, -0.2) is 0 Å². The summed E-state index contributed by atoms with van der Waals surface area (Å²) < 4.78 is 10.6. The van der Waals surface area contributed by atoms with Gasteiger partial charge in [0.15, 0.2) is 0 Å². The fraction of sp³-hybridized carbons (Fsp3) is 0.933. The van der Waals surface area contributed by atoms with Crippen molar-refractivity contribution < 1.29 is 14.3 Å². The van der Waals surface area contributed by atoms with Gasteiger partial charge in [-0.05, 0) is 39.5 Å². The summed E-state index contributed by atoms with van der Waals surface area (Å²) in [7, 11) is 0. The minimum atomic E-state index is -0.580. The molecule has 0 aromatic carbocycles. The average Bonchev–Trinajstić information content (AvgIpc) is 2.17. The third-order valence-corrected chi connectivity index (χ3v) is 2.78. The molecule has 0 bridgehead atoms. The van der Waals surface area contributed by atoms with E-state index in [0.29, 0.717) is 13.0 Å². The standard InChI is InChI=1S/C15H31NO3/c1-11(2)18-8-9-19-13(17)12(15(6,7)16)10-14(3,4)5/h11-12H,8-10,16H2,1-7H3. The number of ether oxygens (including phenoxy) is 2. The first-order valence-electron chi connectivity index (χ1n) is 7.00. The van der Waals surface area contributed by atoms with Crippen molar-refractivity contribution in [2.75, 3.05) is 13.2 Å². The Balaban J connectivity index is 4.41. The fourth-order valence-electron chi connectivity index (χ4n) is 1.79. The highest BCUT2D eigenvalue weighted by atomic mass is 16.6. The summed E-state index contributed by atoms with van der Waals surface area (Å²) in [4.78, 5) is 12.2. The highest BCUT2D eigenvalue weighted by Crippen LogP contribution is 2.30. The van der Waals surface area contributed by atoms with E-state index in [1.54, 1.807) is 0 Å². The van der Waals surface area contributed by atoms with Crippen LogP contribution in [0.4, 0.5) is 0 Å². The number of carbonyl (C=O) groups excluding carboxylic acids is 1. The van der Waals surface area contributed by atoms with Crippen molar-refractivity contribution >= 4 is 5.97 Å². The second kappa shape index (κ2) is 7.25. The molecule has 0 fully saturated rings. The van der Waals surface area contributed by atoms with Gasteiger partial charge in [0, 0.05) is 5.54 Å². The Labute approximate surface area is 118 Å². The van der Waals surface area contributed by atoms with Crippen LogP contribution >= 0.6 is 0 Å². The fourth-order valence-corrected chi connectivity index (χ4v) is 1.79. The normalized spacial score (nSPS) is 14.6. The number of hydrogen-bond donors (Lipinski definition) is 1. The predicted molar refractivity (Wildman–Crippen MR) is 77.9 cm³/mol. The van der Waals surface area contributed by atoms with Crippen molar-refractivity contribution in [3.05, 3.63) is 0 Å². The lowest BCUT2D eigenvalue weighted by molar-refractivity contribution is -0.154. The summed E-state index contributed by atoms with van der Waals surface area (Å²) in [6.07, 6.45) is 0.857. The van der Waals surface area contributed by atoms with Gasteiger partial charge in [-0.3, -0.25) is 4.79 Å². The van der Waals surface area contributed by atoms with E-state index in [0.717, 1.165) is 0 Å². The first-order chi connectivity index (χ1) is 8.43. The zero-order valence-electron chi connectivity index (χ0n) is 13.6. The Hall–Kier alpha value is -0.610. The molecule has 0 heterocycles. The molecule has 4 heteroatoms. The minimum absolute atomic E-state index is 0.0365. The molecule has 19 heavy (non-hydrogen) atoms. The Morgan fingerprint density at radius 2 is 1.63 bits per heavy atom. The minimum Gasteiger partial charge on any atom is -0.463 e. The number of hydrogen-bond acceptors (Lipinski definition) is 4. The van der Waals surface area contributed by atoms with E-state index in [2.05, 4.69) is 20.8 Å². The molecule has 0 saturated heterocycles. The van der Waals surface area contributed by atoms with Gasteiger partial charge in [0.1, 0.15) is 6.61 Å². The molecular formula is C15H31NO3. The van der Waals surface area contributed by atoms with Crippen LogP contribution in [-0.2, 0) is 14.3 Å². The summed E-state index contributed by atoms with van der Waals surface area (Å²) in [5, 5.41) is 0.